The highest BCUT2D eigenvalue weighted by atomic mass is 19.1. The van der Waals surface area contributed by atoms with Crippen LogP contribution in [0.4, 0.5) is 4.39 Å². The summed E-state index contributed by atoms with van der Waals surface area (Å²) in [5.41, 5.74) is 8.90. The van der Waals surface area contributed by atoms with E-state index in [-0.39, 0.29) is 11.4 Å². The van der Waals surface area contributed by atoms with Crippen molar-refractivity contribution < 1.29 is 4.39 Å². The van der Waals surface area contributed by atoms with E-state index in [1.54, 1.807) is 12.1 Å². The van der Waals surface area contributed by atoms with E-state index in [1.165, 1.54) is 31.2 Å². The van der Waals surface area contributed by atoms with Gasteiger partial charge < -0.3 is 5.73 Å². The van der Waals surface area contributed by atoms with Crippen molar-refractivity contribution in [3.63, 3.8) is 0 Å². The maximum absolute atomic E-state index is 13.3. The molecule has 5 unspecified atom stereocenters. The average Bonchev–Trinajstić information content (AvgIpc) is 2.98. The molecule has 19 heavy (non-hydrogen) atoms. The molecular weight excluding hydrogens is 237 g/mol. The van der Waals surface area contributed by atoms with E-state index in [0.717, 1.165) is 29.7 Å². The van der Waals surface area contributed by atoms with Gasteiger partial charge in [0.15, 0.2) is 0 Å². The van der Waals surface area contributed by atoms with Crippen LogP contribution in [-0.4, -0.2) is 0 Å². The summed E-state index contributed by atoms with van der Waals surface area (Å²) < 4.78 is 13.3. The summed E-state index contributed by atoms with van der Waals surface area (Å²) in [6.07, 6.45) is 6.60. The van der Waals surface area contributed by atoms with E-state index in [4.69, 9.17) is 5.73 Å². The van der Waals surface area contributed by atoms with Crippen LogP contribution in [0.15, 0.2) is 18.2 Å². The summed E-state index contributed by atoms with van der Waals surface area (Å²) in [6.45, 7) is 2.01. The van der Waals surface area contributed by atoms with E-state index >= 15 is 0 Å². The molecule has 2 bridgehead atoms. The molecule has 0 aliphatic heterocycles. The highest BCUT2D eigenvalue weighted by Crippen LogP contribution is 2.64. The predicted octanol–water partition coefficient (Wildman–Crippen LogP) is 3.74. The molecule has 3 saturated carbocycles. The van der Waals surface area contributed by atoms with Crippen molar-refractivity contribution in [1.82, 2.24) is 0 Å². The Labute approximate surface area is 114 Å². The molecule has 4 rings (SSSR count). The summed E-state index contributed by atoms with van der Waals surface area (Å²) in [5, 5.41) is 0. The van der Waals surface area contributed by atoms with Gasteiger partial charge in [0, 0.05) is 5.54 Å². The van der Waals surface area contributed by atoms with E-state index in [9.17, 15) is 4.39 Å². The second-order valence-electron chi connectivity index (χ2n) is 7.06. The maximum Gasteiger partial charge on any atom is 0.123 e. The Morgan fingerprint density at radius 2 is 2.05 bits per heavy atom. The smallest absolute Gasteiger partial charge is 0.123 e. The molecule has 0 radical (unpaired) electrons. The Kier molecular flexibility index (Phi) is 2.39. The quantitative estimate of drug-likeness (QED) is 0.816. The van der Waals surface area contributed by atoms with Crippen molar-refractivity contribution in [2.24, 2.45) is 29.4 Å². The van der Waals surface area contributed by atoms with Crippen LogP contribution >= 0.6 is 0 Å². The normalized spacial score (nSPS) is 43.7. The van der Waals surface area contributed by atoms with Gasteiger partial charge >= 0.3 is 0 Å². The number of benzene rings is 1. The molecule has 0 amide bonds. The van der Waals surface area contributed by atoms with E-state index in [1.807, 2.05) is 13.0 Å². The lowest BCUT2D eigenvalue weighted by Gasteiger charge is -2.41. The summed E-state index contributed by atoms with van der Waals surface area (Å²) in [4.78, 5) is 0. The summed E-state index contributed by atoms with van der Waals surface area (Å²) >= 11 is 0. The van der Waals surface area contributed by atoms with Crippen molar-refractivity contribution in [3.8, 4) is 0 Å². The molecule has 102 valence electrons. The number of nitrogens with two attached hydrogens (primary N) is 1. The zero-order valence-corrected chi connectivity index (χ0v) is 11.5. The first-order valence-corrected chi connectivity index (χ1v) is 7.65. The lowest BCUT2D eigenvalue weighted by molar-refractivity contribution is 0.156. The second-order valence-corrected chi connectivity index (χ2v) is 7.06. The molecule has 1 aromatic rings. The minimum atomic E-state index is -0.187. The highest BCUT2D eigenvalue weighted by molar-refractivity contribution is 5.36. The van der Waals surface area contributed by atoms with Gasteiger partial charge in [-0.3, -0.25) is 0 Å². The van der Waals surface area contributed by atoms with Gasteiger partial charge in [-0.05, 0) is 79.5 Å². The molecule has 2 N–H and O–H groups in total. The molecule has 2 heteroatoms. The molecule has 0 spiro atoms. The van der Waals surface area contributed by atoms with Crippen LogP contribution < -0.4 is 5.73 Å². The van der Waals surface area contributed by atoms with Gasteiger partial charge in [-0.15, -0.1) is 0 Å². The van der Waals surface area contributed by atoms with E-state index in [2.05, 4.69) is 0 Å². The van der Waals surface area contributed by atoms with E-state index < -0.39 is 0 Å². The molecule has 5 atom stereocenters. The maximum atomic E-state index is 13.3. The molecule has 1 aromatic carbocycles. The van der Waals surface area contributed by atoms with Crippen molar-refractivity contribution in [2.45, 2.75) is 44.6 Å². The summed E-state index contributed by atoms with van der Waals surface area (Å²) in [7, 11) is 0. The van der Waals surface area contributed by atoms with Crippen LogP contribution in [0.1, 0.15) is 43.2 Å². The third kappa shape index (κ3) is 1.50. The van der Waals surface area contributed by atoms with Gasteiger partial charge in [0.25, 0.3) is 0 Å². The molecular formula is C17H22FN. The SMILES string of the molecule is Cc1cc(F)ccc1C1(N)CC2CC1C1CCCC21. The number of rotatable bonds is 1. The van der Waals surface area contributed by atoms with Crippen molar-refractivity contribution in [1.29, 1.82) is 0 Å². The van der Waals surface area contributed by atoms with Gasteiger partial charge in [0.2, 0.25) is 0 Å². The van der Waals surface area contributed by atoms with Crippen LogP contribution in [0.2, 0.25) is 0 Å². The Morgan fingerprint density at radius 3 is 2.84 bits per heavy atom. The zero-order valence-electron chi connectivity index (χ0n) is 11.5. The fourth-order valence-electron chi connectivity index (χ4n) is 5.65. The fourth-order valence-corrected chi connectivity index (χ4v) is 5.65. The number of hydrogen-bond donors (Lipinski definition) is 1. The number of aryl methyl sites for hydroxylation is 1. The number of halogens is 1. The number of hydrogen-bond acceptors (Lipinski definition) is 1. The Morgan fingerprint density at radius 1 is 1.26 bits per heavy atom. The minimum Gasteiger partial charge on any atom is -0.321 e. The molecule has 3 aliphatic carbocycles. The minimum absolute atomic E-state index is 0.147. The standard InChI is InChI=1S/C17H22FN/c1-10-7-12(18)5-6-15(10)17(19)9-11-8-16(17)14-4-2-3-13(11)14/h5-7,11,13-14,16H,2-4,8-9,19H2,1H3. The van der Waals surface area contributed by atoms with Crippen molar-refractivity contribution >= 4 is 0 Å². The Bertz CT molecular complexity index is 526. The van der Waals surface area contributed by atoms with Crippen LogP contribution in [0.25, 0.3) is 0 Å². The van der Waals surface area contributed by atoms with Crippen molar-refractivity contribution in [2.75, 3.05) is 0 Å². The first-order valence-electron chi connectivity index (χ1n) is 7.65. The van der Waals surface area contributed by atoms with Gasteiger partial charge in [0.05, 0.1) is 0 Å². The monoisotopic (exact) mass is 259 g/mol. The molecule has 0 heterocycles. The Hall–Kier alpha value is -0.890. The van der Waals surface area contributed by atoms with Gasteiger partial charge in [0.1, 0.15) is 5.82 Å². The summed E-state index contributed by atoms with van der Waals surface area (Å²) in [6, 6.07) is 5.16. The van der Waals surface area contributed by atoms with Crippen LogP contribution in [0.3, 0.4) is 0 Å². The third-order valence-corrected chi connectivity index (χ3v) is 6.26. The largest absolute Gasteiger partial charge is 0.321 e. The Balaban J connectivity index is 1.75. The number of fused-ring (bicyclic) bond motifs is 5. The highest BCUT2D eigenvalue weighted by Gasteiger charge is 2.60. The topological polar surface area (TPSA) is 26.0 Å². The van der Waals surface area contributed by atoms with Crippen LogP contribution in [-0.2, 0) is 5.54 Å². The molecule has 0 saturated heterocycles. The van der Waals surface area contributed by atoms with Crippen LogP contribution in [0.5, 0.6) is 0 Å². The summed E-state index contributed by atoms with van der Waals surface area (Å²) in [5.74, 6) is 3.10. The molecule has 1 nitrogen and oxygen atoms in total. The molecule has 0 aromatic heterocycles. The first-order chi connectivity index (χ1) is 9.09. The predicted molar refractivity (Wildman–Crippen MR) is 74.0 cm³/mol. The third-order valence-electron chi connectivity index (χ3n) is 6.26. The van der Waals surface area contributed by atoms with E-state index in [0.29, 0.717) is 5.92 Å². The average molecular weight is 259 g/mol. The van der Waals surface area contributed by atoms with Crippen LogP contribution in [0, 0.1) is 36.4 Å². The van der Waals surface area contributed by atoms with Gasteiger partial charge in [-0.25, -0.2) is 4.39 Å². The second kappa shape index (κ2) is 3.82. The first kappa shape index (κ1) is 11.9. The lowest BCUT2D eigenvalue weighted by atomic mass is 9.67. The zero-order chi connectivity index (χ0) is 13.2. The van der Waals surface area contributed by atoms with Gasteiger partial charge in [-0.2, -0.15) is 0 Å². The van der Waals surface area contributed by atoms with Gasteiger partial charge in [-0.1, -0.05) is 12.5 Å². The van der Waals surface area contributed by atoms with Crippen molar-refractivity contribution in [3.05, 3.63) is 35.1 Å². The molecule has 3 fully saturated rings. The molecule has 3 aliphatic rings. The lowest BCUT2D eigenvalue weighted by Crippen LogP contribution is -2.47. The fraction of sp³-hybridized carbons (Fsp3) is 0.647.